The van der Waals surface area contributed by atoms with E-state index in [1.807, 2.05) is 13.1 Å². The summed E-state index contributed by atoms with van der Waals surface area (Å²) >= 11 is 7.18. The zero-order valence-corrected chi connectivity index (χ0v) is 19.9. The number of aldehydes is 1. The number of nitrogens with zero attached hydrogens (tertiary/aromatic N) is 1. The van der Waals surface area contributed by atoms with Crippen molar-refractivity contribution < 1.29 is 9.59 Å². The van der Waals surface area contributed by atoms with Crippen molar-refractivity contribution in [3.8, 4) is 0 Å². The topological polar surface area (TPSA) is 61.4 Å². The first-order valence-corrected chi connectivity index (χ1v) is 11.8. The quantitative estimate of drug-likeness (QED) is 0.255. The number of nitrogens with one attached hydrogen (secondary N) is 2. The highest BCUT2D eigenvalue weighted by Crippen LogP contribution is 2.26. The summed E-state index contributed by atoms with van der Waals surface area (Å²) in [6.07, 6.45) is 3.13. The molecule has 3 rings (SSSR count). The van der Waals surface area contributed by atoms with Crippen molar-refractivity contribution in [1.29, 1.82) is 0 Å². The third kappa shape index (κ3) is 6.66. The smallest absolute Gasteiger partial charge is 0.265 e. The molecule has 168 valence electrons. The number of unbranched alkanes of at least 4 members (excludes halogenated alkanes) is 1. The summed E-state index contributed by atoms with van der Waals surface area (Å²) in [4.78, 5) is 27.0. The van der Waals surface area contributed by atoms with Gasteiger partial charge in [-0.3, -0.25) is 14.5 Å². The van der Waals surface area contributed by atoms with Crippen LogP contribution in [0.25, 0.3) is 0 Å². The Bertz CT molecular complexity index is 1070. The summed E-state index contributed by atoms with van der Waals surface area (Å²) in [6.45, 7) is 4.37. The van der Waals surface area contributed by atoms with E-state index in [-0.39, 0.29) is 5.91 Å². The lowest BCUT2D eigenvalue weighted by Gasteiger charge is -2.21. The molecule has 7 heteroatoms. The Kier molecular flexibility index (Phi) is 8.85. The van der Waals surface area contributed by atoms with Crippen LogP contribution in [0.1, 0.15) is 50.9 Å². The highest BCUT2D eigenvalue weighted by atomic mass is 35.5. The van der Waals surface area contributed by atoms with Crippen molar-refractivity contribution in [2.24, 2.45) is 0 Å². The van der Waals surface area contributed by atoms with Crippen LogP contribution in [0.4, 0.5) is 11.4 Å². The fourth-order valence-corrected chi connectivity index (χ4v) is 4.39. The maximum Gasteiger partial charge on any atom is 0.265 e. The van der Waals surface area contributed by atoms with Gasteiger partial charge in [0, 0.05) is 42.1 Å². The Morgan fingerprint density at radius 2 is 1.94 bits per heavy atom. The minimum atomic E-state index is -0.236. The summed E-state index contributed by atoms with van der Waals surface area (Å²) in [6, 6.07) is 17.1. The number of halogens is 1. The number of benzene rings is 2. The molecule has 0 bridgehead atoms. The first-order chi connectivity index (χ1) is 15.5. The summed E-state index contributed by atoms with van der Waals surface area (Å²) in [5.74, 6) is -0.236. The molecule has 5 nitrogen and oxygen atoms in total. The predicted octanol–water partition coefficient (Wildman–Crippen LogP) is 6.31. The Hall–Kier alpha value is -2.67. The van der Waals surface area contributed by atoms with Crippen molar-refractivity contribution in [2.75, 3.05) is 24.2 Å². The van der Waals surface area contributed by atoms with E-state index in [2.05, 4.69) is 46.7 Å². The molecule has 0 radical (unpaired) electrons. The van der Waals surface area contributed by atoms with Gasteiger partial charge in [0.25, 0.3) is 5.91 Å². The molecule has 2 N–H and O–H groups in total. The molecule has 32 heavy (non-hydrogen) atoms. The van der Waals surface area contributed by atoms with Gasteiger partial charge in [0.15, 0.2) is 0 Å². The largest absolute Gasteiger partial charge is 0.385 e. The van der Waals surface area contributed by atoms with Gasteiger partial charge in [0.05, 0.1) is 9.21 Å². The third-order valence-corrected chi connectivity index (χ3v) is 6.28. The Balaban J connectivity index is 1.72. The van der Waals surface area contributed by atoms with E-state index in [1.165, 1.54) is 16.9 Å². The van der Waals surface area contributed by atoms with Gasteiger partial charge in [-0.25, -0.2) is 0 Å². The van der Waals surface area contributed by atoms with Crippen molar-refractivity contribution >= 4 is 46.5 Å². The first kappa shape index (κ1) is 24.0. The van der Waals surface area contributed by atoms with Crippen LogP contribution in [-0.2, 0) is 13.1 Å². The number of hydrogen-bond donors (Lipinski definition) is 2. The molecule has 2 aromatic carbocycles. The lowest BCUT2D eigenvalue weighted by molar-refractivity contribution is 0.102. The maximum absolute atomic E-state index is 12.6. The van der Waals surface area contributed by atoms with E-state index in [9.17, 15) is 9.59 Å². The summed E-state index contributed by atoms with van der Waals surface area (Å²) in [5, 5.41) is 6.39. The SMILES string of the molecule is CCCCNc1cccc(CN(C)Cc2c(C=O)cccc2NC(=O)c2ccc(Cl)s2)c1. The molecule has 0 saturated heterocycles. The number of anilines is 2. The van der Waals surface area contributed by atoms with E-state index in [1.54, 1.807) is 24.3 Å². The van der Waals surface area contributed by atoms with E-state index in [0.29, 0.717) is 33.6 Å². The molecule has 0 aliphatic rings. The zero-order chi connectivity index (χ0) is 22.9. The van der Waals surface area contributed by atoms with E-state index in [4.69, 9.17) is 11.6 Å². The normalized spacial score (nSPS) is 10.9. The van der Waals surface area contributed by atoms with E-state index >= 15 is 0 Å². The van der Waals surface area contributed by atoms with Gasteiger partial charge in [0.1, 0.15) is 6.29 Å². The van der Waals surface area contributed by atoms with Gasteiger partial charge in [-0.05, 0) is 49.4 Å². The second-order valence-electron chi connectivity index (χ2n) is 7.70. The summed E-state index contributed by atoms with van der Waals surface area (Å²) in [5.41, 5.74) is 4.27. The van der Waals surface area contributed by atoms with Crippen LogP contribution in [0.2, 0.25) is 4.34 Å². The van der Waals surface area contributed by atoms with Gasteiger partial charge in [-0.1, -0.05) is 49.2 Å². The van der Waals surface area contributed by atoms with Crippen LogP contribution in [0.3, 0.4) is 0 Å². The lowest BCUT2D eigenvalue weighted by Crippen LogP contribution is -2.21. The zero-order valence-electron chi connectivity index (χ0n) is 18.4. The van der Waals surface area contributed by atoms with Gasteiger partial charge in [-0.15, -0.1) is 11.3 Å². The molecule has 0 atom stereocenters. The third-order valence-electron chi connectivity index (χ3n) is 5.05. The highest BCUT2D eigenvalue weighted by molar-refractivity contribution is 7.18. The Morgan fingerprint density at radius 1 is 1.12 bits per heavy atom. The molecule has 0 aliphatic carbocycles. The van der Waals surface area contributed by atoms with Crippen LogP contribution < -0.4 is 10.6 Å². The first-order valence-electron chi connectivity index (χ1n) is 10.6. The summed E-state index contributed by atoms with van der Waals surface area (Å²) in [7, 11) is 2.00. The van der Waals surface area contributed by atoms with Crippen molar-refractivity contribution in [1.82, 2.24) is 4.90 Å². The number of thiophene rings is 1. The van der Waals surface area contributed by atoms with E-state index in [0.717, 1.165) is 36.9 Å². The summed E-state index contributed by atoms with van der Waals surface area (Å²) < 4.78 is 0.558. The molecule has 3 aromatic rings. The average molecular weight is 470 g/mol. The standard InChI is InChI=1S/C25H28ClN3O2S/c1-3-4-13-27-20-9-5-7-18(14-20)15-29(2)16-21-19(17-30)8-6-10-22(21)28-25(31)23-11-12-24(26)32-23/h5-12,14,17,27H,3-4,13,15-16H2,1-2H3,(H,28,31). The van der Waals surface area contributed by atoms with Crippen LogP contribution >= 0.6 is 22.9 Å². The molecule has 1 aromatic heterocycles. The number of hydrogen-bond acceptors (Lipinski definition) is 5. The fraction of sp³-hybridized carbons (Fsp3) is 0.280. The molecule has 0 unspecified atom stereocenters. The minimum absolute atomic E-state index is 0.236. The number of carbonyl (C=O) groups excluding carboxylic acids is 2. The van der Waals surface area contributed by atoms with Crippen LogP contribution in [0, 0.1) is 0 Å². The number of amides is 1. The molecule has 1 amide bonds. The predicted molar refractivity (Wildman–Crippen MR) is 134 cm³/mol. The molecular formula is C25H28ClN3O2S. The van der Waals surface area contributed by atoms with Crippen molar-refractivity contribution in [3.05, 3.63) is 80.5 Å². The van der Waals surface area contributed by atoms with Crippen molar-refractivity contribution in [3.63, 3.8) is 0 Å². The molecule has 1 heterocycles. The highest BCUT2D eigenvalue weighted by Gasteiger charge is 2.15. The molecule has 0 fully saturated rings. The second-order valence-corrected chi connectivity index (χ2v) is 9.42. The van der Waals surface area contributed by atoms with Crippen molar-refractivity contribution in [2.45, 2.75) is 32.9 Å². The van der Waals surface area contributed by atoms with Crippen LogP contribution in [0.15, 0.2) is 54.6 Å². The number of carbonyl (C=O) groups is 2. The Labute approximate surface area is 198 Å². The maximum atomic E-state index is 12.6. The molecule has 0 saturated carbocycles. The van der Waals surface area contributed by atoms with Crippen LogP contribution in [-0.4, -0.2) is 30.7 Å². The van der Waals surface area contributed by atoms with E-state index < -0.39 is 0 Å². The Morgan fingerprint density at radius 3 is 2.66 bits per heavy atom. The minimum Gasteiger partial charge on any atom is -0.385 e. The van der Waals surface area contributed by atoms with Crippen LogP contribution in [0.5, 0.6) is 0 Å². The second kappa shape index (κ2) is 11.8. The molecule has 0 aliphatic heterocycles. The van der Waals surface area contributed by atoms with Gasteiger partial charge >= 0.3 is 0 Å². The lowest BCUT2D eigenvalue weighted by atomic mass is 10.0. The monoisotopic (exact) mass is 469 g/mol. The van der Waals surface area contributed by atoms with Gasteiger partial charge < -0.3 is 10.6 Å². The average Bonchev–Trinajstić information content (AvgIpc) is 3.22. The van der Waals surface area contributed by atoms with Gasteiger partial charge in [0.2, 0.25) is 0 Å². The fourth-order valence-electron chi connectivity index (χ4n) is 3.46. The number of rotatable bonds is 11. The van der Waals surface area contributed by atoms with Gasteiger partial charge in [-0.2, -0.15) is 0 Å². The molecule has 0 spiro atoms. The molecular weight excluding hydrogens is 442 g/mol.